The zero-order valence-electron chi connectivity index (χ0n) is 6.91. The van der Waals surface area contributed by atoms with Gasteiger partial charge < -0.3 is 4.74 Å². The van der Waals surface area contributed by atoms with Crippen LogP contribution in [0.2, 0.25) is 0 Å². The highest BCUT2D eigenvalue weighted by Crippen LogP contribution is 2.36. The summed E-state index contributed by atoms with van der Waals surface area (Å²) in [6.45, 7) is 0. The van der Waals surface area contributed by atoms with Crippen LogP contribution in [0.1, 0.15) is 32.1 Å². The maximum atomic E-state index is 11.1. The topological polar surface area (TPSA) is 43.4 Å². The fraction of sp³-hybridized carbons (Fsp3) is 0.778. The lowest BCUT2D eigenvalue weighted by atomic mass is 9.90. The molecule has 1 aliphatic carbocycles. The van der Waals surface area contributed by atoms with Crippen molar-refractivity contribution >= 4 is 11.9 Å². The highest BCUT2D eigenvalue weighted by Gasteiger charge is 2.39. The summed E-state index contributed by atoms with van der Waals surface area (Å²) in [5.41, 5.74) is 0. The molecule has 0 N–H and O–H groups in total. The van der Waals surface area contributed by atoms with Crippen LogP contribution in [-0.4, -0.2) is 11.9 Å². The van der Waals surface area contributed by atoms with Crippen molar-refractivity contribution in [3.8, 4) is 0 Å². The van der Waals surface area contributed by atoms with E-state index in [1.807, 2.05) is 0 Å². The van der Waals surface area contributed by atoms with Crippen LogP contribution in [0.5, 0.6) is 0 Å². The fourth-order valence-electron chi connectivity index (χ4n) is 2.21. The van der Waals surface area contributed by atoms with Crippen molar-refractivity contribution in [1.82, 2.24) is 0 Å². The Bertz CT molecular complexity index is 216. The monoisotopic (exact) mass is 168 g/mol. The van der Waals surface area contributed by atoms with Crippen molar-refractivity contribution in [2.24, 2.45) is 11.8 Å². The molecule has 0 aromatic heterocycles. The molecule has 1 saturated heterocycles. The van der Waals surface area contributed by atoms with E-state index in [4.69, 9.17) is 0 Å². The lowest BCUT2D eigenvalue weighted by molar-refractivity contribution is -0.153. The molecule has 0 aromatic carbocycles. The first-order valence-electron chi connectivity index (χ1n) is 4.52. The van der Waals surface area contributed by atoms with E-state index in [1.54, 1.807) is 0 Å². The Kier molecular flexibility index (Phi) is 1.87. The van der Waals surface area contributed by atoms with Gasteiger partial charge in [0.2, 0.25) is 0 Å². The molecule has 1 unspecified atom stereocenters. The molecule has 0 radical (unpaired) electrons. The molecular weight excluding hydrogens is 156 g/mol. The Balaban J connectivity index is 2.03. The molecule has 0 amide bonds. The highest BCUT2D eigenvalue weighted by molar-refractivity contribution is 5.94. The molecule has 3 heteroatoms. The van der Waals surface area contributed by atoms with Crippen LogP contribution < -0.4 is 0 Å². The number of ether oxygens (including phenoxy) is 1. The van der Waals surface area contributed by atoms with Gasteiger partial charge in [-0.2, -0.15) is 0 Å². The Morgan fingerprint density at radius 1 is 1.17 bits per heavy atom. The molecule has 1 saturated carbocycles. The van der Waals surface area contributed by atoms with Crippen LogP contribution in [0.25, 0.3) is 0 Å². The van der Waals surface area contributed by atoms with E-state index in [-0.39, 0.29) is 17.9 Å². The first-order chi connectivity index (χ1) is 5.77. The molecule has 12 heavy (non-hydrogen) atoms. The Morgan fingerprint density at radius 3 is 2.33 bits per heavy atom. The third-order valence-electron chi connectivity index (χ3n) is 2.87. The smallest absolute Gasteiger partial charge is 0.317 e. The molecular formula is C9H12O3. The third kappa shape index (κ3) is 1.24. The molecule has 66 valence electrons. The minimum atomic E-state index is -0.336. The summed E-state index contributed by atoms with van der Waals surface area (Å²) in [6, 6.07) is 0. The molecule has 1 heterocycles. The Morgan fingerprint density at radius 2 is 1.83 bits per heavy atom. The van der Waals surface area contributed by atoms with Crippen LogP contribution in [0.15, 0.2) is 0 Å². The minimum Gasteiger partial charge on any atom is -0.393 e. The van der Waals surface area contributed by atoms with Gasteiger partial charge in [-0.05, 0) is 18.8 Å². The van der Waals surface area contributed by atoms with Crippen LogP contribution in [0.4, 0.5) is 0 Å². The fourth-order valence-corrected chi connectivity index (χ4v) is 2.21. The van der Waals surface area contributed by atoms with Gasteiger partial charge in [-0.15, -0.1) is 0 Å². The van der Waals surface area contributed by atoms with Crippen molar-refractivity contribution in [3.63, 3.8) is 0 Å². The maximum absolute atomic E-state index is 11.1. The molecule has 0 aromatic rings. The third-order valence-corrected chi connectivity index (χ3v) is 2.87. The van der Waals surface area contributed by atoms with E-state index in [1.165, 1.54) is 12.8 Å². The summed E-state index contributed by atoms with van der Waals surface area (Å²) in [7, 11) is 0. The van der Waals surface area contributed by atoms with Gasteiger partial charge in [0, 0.05) is 0 Å². The normalized spacial score (nSPS) is 31.2. The van der Waals surface area contributed by atoms with E-state index in [9.17, 15) is 9.59 Å². The Labute approximate surface area is 71.1 Å². The summed E-state index contributed by atoms with van der Waals surface area (Å²) in [6.07, 6.45) is 4.90. The van der Waals surface area contributed by atoms with Crippen molar-refractivity contribution in [1.29, 1.82) is 0 Å². The Hall–Kier alpha value is -0.860. The lowest BCUT2D eigenvalue weighted by Crippen LogP contribution is -2.16. The number of carbonyl (C=O) groups is 2. The van der Waals surface area contributed by atoms with Crippen molar-refractivity contribution in [2.45, 2.75) is 32.1 Å². The number of cyclic esters (lactones) is 2. The molecule has 2 fully saturated rings. The summed E-state index contributed by atoms with van der Waals surface area (Å²) in [5.74, 6) is -0.312. The van der Waals surface area contributed by atoms with Crippen molar-refractivity contribution in [2.75, 3.05) is 0 Å². The van der Waals surface area contributed by atoms with Gasteiger partial charge in [-0.1, -0.05) is 12.8 Å². The summed E-state index contributed by atoms with van der Waals surface area (Å²) < 4.78 is 4.51. The quantitative estimate of drug-likeness (QED) is 0.437. The second-order valence-corrected chi connectivity index (χ2v) is 3.65. The summed E-state index contributed by atoms with van der Waals surface area (Å²) in [4.78, 5) is 21.9. The predicted molar refractivity (Wildman–Crippen MR) is 41.2 cm³/mol. The molecule has 0 bridgehead atoms. The molecule has 1 atom stereocenters. The number of carbonyl (C=O) groups excluding carboxylic acids is 2. The van der Waals surface area contributed by atoms with E-state index >= 15 is 0 Å². The number of esters is 2. The average molecular weight is 168 g/mol. The van der Waals surface area contributed by atoms with E-state index in [0.717, 1.165) is 12.8 Å². The van der Waals surface area contributed by atoms with Crippen LogP contribution in [0, 0.1) is 11.8 Å². The van der Waals surface area contributed by atoms with Gasteiger partial charge in [-0.25, -0.2) is 0 Å². The molecule has 3 nitrogen and oxygen atoms in total. The first kappa shape index (κ1) is 7.77. The van der Waals surface area contributed by atoms with Gasteiger partial charge in [0.05, 0.1) is 12.3 Å². The molecule has 2 rings (SSSR count). The van der Waals surface area contributed by atoms with Crippen molar-refractivity contribution in [3.05, 3.63) is 0 Å². The number of rotatable bonds is 1. The zero-order valence-corrected chi connectivity index (χ0v) is 6.91. The van der Waals surface area contributed by atoms with Gasteiger partial charge in [-0.3, -0.25) is 9.59 Å². The highest BCUT2D eigenvalue weighted by atomic mass is 16.6. The summed E-state index contributed by atoms with van der Waals surface area (Å²) >= 11 is 0. The zero-order chi connectivity index (χ0) is 8.55. The standard InChI is InChI=1S/C9H12O3/c10-8-5-7(9(11)12-8)6-3-1-2-4-6/h6-7H,1-5H2. The van der Waals surface area contributed by atoms with Crippen LogP contribution in [0.3, 0.4) is 0 Å². The van der Waals surface area contributed by atoms with Crippen LogP contribution >= 0.6 is 0 Å². The predicted octanol–water partition coefficient (Wildman–Crippen LogP) is 1.27. The van der Waals surface area contributed by atoms with Gasteiger partial charge in [0.15, 0.2) is 0 Å². The average Bonchev–Trinajstić information content (AvgIpc) is 2.58. The number of hydrogen-bond acceptors (Lipinski definition) is 3. The van der Waals surface area contributed by atoms with E-state index in [2.05, 4.69) is 4.74 Å². The molecule has 0 spiro atoms. The second-order valence-electron chi connectivity index (χ2n) is 3.65. The van der Waals surface area contributed by atoms with Gasteiger partial charge in [0.1, 0.15) is 0 Å². The van der Waals surface area contributed by atoms with E-state index < -0.39 is 0 Å². The maximum Gasteiger partial charge on any atom is 0.317 e. The number of hydrogen-bond donors (Lipinski definition) is 0. The van der Waals surface area contributed by atoms with Gasteiger partial charge in [0.25, 0.3) is 0 Å². The molecule has 1 aliphatic heterocycles. The largest absolute Gasteiger partial charge is 0.393 e. The van der Waals surface area contributed by atoms with Crippen molar-refractivity contribution < 1.29 is 14.3 Å². The SMILES string of the molecule is O=C1CC(C2CCCC2)C(=O)O1. The van der Waals surface area contributed by atoms with Gasteiger partial charge >= 0.3 is 11.9 Å². The molecule has 2 aliphatic rings. The summed E-state index contributed by atoms with van der Waals surface area (Å²) in [5, 5.41) is 0. The van der Waals surface area contributed by atoms with E-state index in [0.29, 0.717) is 12.3 Å². The lowest BCUT2D eigenvalue weighted by Gasteiger charge is -2.11. The first-order valence-corrected chi connectivity index (χ1v) is 4.52. The van der Waals surface area contributed by atoms with Crippen LogP contribution in [-0.2, 0) is 14.3 Å². The second kappa shape index (κ2) is 2.88. The minimum absolute atomic E-state index is 0.111.